The van der Waals surface area contributed by atoms with E-state index in [0.29, 0.717) is 18.9 Å². The molecule has 1 amide bonds. The van der Waals surface area contributed by atoms with Crippen LogP contribution in [0.1, 0.15) is 6.92 Å². The molecule has 0 aromatic heterocycles. The number of halogens is 1. The normalized spacial score (nSPS) is 11.9. The number of aliphatic hydroxyl groups excluding tert-OH is 1. The third-order valence-electron chi connectivity index (χ3n) is 2.28. The van der Waals surface area contributed by atoms with Gasteiger partial charge in [0, 0.05) is 11.0 Å². The Hall–Kier alpha value is -1.11. The predicted octanol–water partition coefficient (Wildman–Crippen LogP) is 1.34. The van der Waals surface area contributed by atoms with Gasteiger partial charge < -0.3 is 19.9 Å². The number of amides is 1. The van der Waals surface area contributed by atoms with E-state index in [9.17, 15) is 4.79 Å². The van der Waals surface area contributed by atoms with Gasteiger partial charge in [-0.2, -0.15) is 0 Å². The molecular weight excluding hydrogens is 314 g/mol. The summed E-state index contributed by atoms with van der Waals surface area (Å²) in [7, 11) is 0. The highest BCUT2D eigenvalue weighted by Crippen LogP contribution is 2.17. The van der Waals surface area contributed by atoms with E-state index in [1.54, 1.807) is 19.1 Å². The minimum atomic E-state index is -0.570. The summed E-state index contributed by atoms with van der Waals surface area (Å²) in [5, 5.41) is 11.2. The lowest BCUT2D eigenvalue weighted by Gasteiger charge is -2.14. The molecule has 1 aromatic carbocycles. The van der Waals surface area contributed by atoms with Crippen LogP contribution in [0.15, 0.2) is 28.7 Å². The molecule has 5 nitrogen and oxygen atoms in total. The van der Waals surface area contributed by atoms with Crippen LogP contribution < -0.4 is 10.1 Å². The van der Waals surface area contributed by atoms with Crippen LogP contribution in [0.25, 0.3) is 0 Å². The zero-order valence-electron chi connectivity index (χ0n) is 10.8. The molecule has 0 saturated carbocycles. The molecule has 1 aromatic rings. The topological polar surface area (TPSA) is 67.8 Å². The van der Waals surface area contributed by atoms with Gasteiger partial charge in [-0.15, -0.1) is 0 Å². The molecule has 1 unspecified atom stereocenters. The number of benzene rings is 1. The van der Waals surface area contributed by atoms with E-state index >= 15 is 0 Å². The highest BCUT2D eigenvalue weighted by Gasteiger charge is 2.13. The average Bonchev–Trinajstić information content (AvgIpc) is 2.41. The van der Waals surface area contributed by atoms with Crippen molar-refractivity contribution >= 4 is 21.8 Å². The first-order chi connectivity index (χ1) is 9.13. The van der Waals surface area contributed by atoms with E-state index in [1.165, 1.54) is 0 Å². The third kappa shape index (κ3) is 6.56. The van der Waals surface area contributed by atoms with Gasteiger partial charge in [-0.25, -0.2) is 0 Å². The lowest BCUT2D eigenvalue weighted by molar-refractivity contribution is -0.127. The van der Waals surface area contributed by atoms with Gasteiger partial charge in [0.1, 0.15) is 5.75 Å². The van der Waals surface area contributed by atoms with Gasteiger partial charge in [-0.3, -0.25) is 4.79 Å². The quantitative estimate of drug-likeness (QED) is 0.705. The number of nitrogens with one attached hydrogen (secondary N) is 1. The van der Waals surface area contributed by atoms with Crippen LogP contribution in [-0.2, 0) is 9.53 Å². The second-order valence-electron chi connectivity index (χ2n) is 3.84. The Morgan fingerprint density at radius 1 is 1.37 bits per heavy atom. The summed E-state index contributed by atoms with van der Waals surface area (Å²) in [5.41, 5.74) is 0. The van der Waals surface area contributed by atoms with E-state index in [2.05, 4.69) is 21.2 Å². The fourth-order valence-corrected chi connectivity index (χ4v) is 1.59. The van der Waals surface area contributed by atoms with Crippen molar-refractivity contribution in [2.45, 2.75) is 13.0 Å². The maximum absolute atomic E-state index is 11.7. The largest absolute Gasteiger partial charge is 0.481 e. The molecule has 6 heteroatoms. The summed E-state index contributed by atoms with van der Waals surface area (Å²) in [6.07, 6.45) is -0.570. The highest BCUT2D eigenvalue weighted by molar-refractivity contribution is 9.10. The number of ether oxygens (including phenoxy) is 2. The summed E-state index contributed by atoms with van der Waals surface area (Å²) in [4.78, 5) is 11.7. The molecule has 0 bridgehead atoms. The Morgan fingerprint density at radius 3 is 2.68 bits per heavy atom. The first kappa shape index (κ1) is 15.9. The van der Waals surface area contributed by atoms with Gasteiger partial charge in [-0.1, -0.05) is 15.9 Å². The molecule has 106 valence electrons. The molecule has 0 saturated heterocycles. The molecule has 0 aliphatic rings. The summed E-state index contributed by atoms with van der Waals surface area (Å²) in [6.45, 7) is 2.72. The molecule has 0 fully saturated rings. The van der Waals surface area contributed by atoms with E-state index in [1.807, 2.05) is 12.1 Å². The Balaban J connectivity index is 2.26. The van der Waals surface area contributed by atoms with Crippen molar-refractivity contribution < 1.29 is 19.4 Å². The average molecular weight is 332 g/mol. The van der Waals surface area contributed by atoms with Crippen LogP contribution in [0.4, 0.5) is 0 Å². The first-order valence-corrected chi connectivity index (χ1v) is 6.81. The molecular formula is C13H18BrNO4. The second kappa shape index (κ2) is 8.90. The first-order valence-electron chi connectivity index (χ1n) is 6.02. The fraction of sp³-hybridized carbons (Fsp3) is 0.462. The van der Waals surface area contributed by atoms with Crippen LogP contribution in [0.2, 0.25) is 0 Å². The second-order valence-corrected chi connectivity index (χ2v) is 4.76. The Kier molecular flexibility index (Phi) is 7.47. The maximum atomic E-state index is 11.7. The standard InChI is InChI=1S/C13H18BrNO4/c1-10(13(17)15-6-8-18-9-7-16)19-12-4-2-11(14)3-5-12/h2-5,10,16H,6-9H2,1H3,(H,15,17). The molecule has 0 heterocycles. The van der Waals surface area contributed by atoms with E-state index in [0.717, 1.165) is 4.47 Å². The van der Waals surface area contributed by atoms with Crippen molar-refractivity contribution in [3.8, 4) is 5.75 Å². The smallest absolute Gasteiger partial charge is 0.260 e. The Morgan fingerprint density at radius 2 is 2.05 bits per heavy atom. The number of hydrogen-bond acceptors (Lipinski definition) is 4. The van der Waals surface area contributed by atoms with Crippen LogP contribution in [-0.4, -0.2) is 43.5 Å². The summed E-state index contributed by atoms with van der Waals surface area (Å²) < 4.78 is 11.5. The van der Waals surface area contributed by atoms with Crippen molar-refractivity contribution in [1.29, 1.82) is 0 Å². The van der Waals surface area contributed by atoms with E-state index < -0.39 is 6.10 Å². The Bertz CT molecular complexity index is 383. The molecule has 1 atom stereocenters. The number of aliphatic hydroxyl groups is 1. The zero-order valence-corrected chi connectivity index (χ0v) is 12.4. The van der Waals surface area contributed by atoms with Crippen LogP contribution in [0.5, 0.6) is 5.75 Å². The van der Waals surface area contributed by atoms with Gasteiger partial charge in [-0.05, 0) is 31.2 Å². The third-order valence-corrected chi connectivity index (χ3v) is 2.81. The monoisotopic (exact) mass is 331 g/mol. The molecule has 0 spiro atoms. The van der Waals surface area contributed by atoms with Gasteiger partial charge in [0.25, 0.3) is 5.91 Å². The molecule has 19 heavy (non-hydrogen) atoms. The number of carbonyl (C=O) groups is 1. The van der Waals surface area contributed by atoms with Crippen LogP contribution >= 0.6 is 15.9 Å². The molecule has 0 radical (unpaired) electrons. The van der Waals surface area contributed by atoms with Gasteiger partial charge in [0.15, 0.2) is 6.10 Å². The summed E-state index contributed by atoms with van der Waals surface area (Å²) in [5.74, 6) is 0.442. The Labute approximate surface area is 121 Å². The SMILES string of the molecule is CC(Oc1ccc(Br)cc1)C(=O)NCCOCCO. The summed E-state index contributed by atoms with van der Waals surface area (Å²) in [6, 6.07) is 7.28. The molecule has 0 aliphatic carbocycles. The molecule has 1 rings (SSSR count). The van der Waals surface area contributed by atoms with Crippen molar-refractivity contribution in [2.24, 2.45) is 0 Å². The lowest BCUT2D eigenvalue weighted by atomic mass is 10.3. The number of rotatable bonds is 8. The predicted molar refractivity (Wildman–Crippen MR) is 75.1 cm³/mol. The van der Waals surface area contributed by atoms with Crippen molar-refractivity contribution in [3.05, 3.63) is 28.7 Å². The fourth-order valence-electron chi connectivity index (χ4n) is 1.33. The minimum Gasteiger partial charge on any atom is -0.481 e. The van der Waals surface area contributed by atoms with Crippen molar-refractivity contribution in [2.75, 3.05) is 26.4 Å². The number of carbonyl (C=O) groups excluding carboxylic acids is 1. The van der Waals surface area contributed by atoms with Gasteiger partial charge >= 0.3 is 0 Å². The zero-order chi connectivity index (χ0) is 14.1. The van der Waals surface area contributed by atoms with Crippen molar-refractivity contribution in [3.63, 3.8) is 0 Å². The highest BCUT2D eigenvalue weighted by atomic mass is 79.9. The maximum Gasteiger partial charge on any atom is 0.260 e. The van der Waals surface area contributed by atoms with Crippen molar-refractivity contribution in [1.82, 2.24) is 5.32 Å². The summed E-state index contributed by atoms with van der Waals surface area (Å²) >= 11 is 3.33. The minimum absolute atomic E-state index is 0.0168. The van der Waals surface area contributed by atoms with Gasteiger partial charge in [0.05, 0.1) is 19.8 Å². The van der Waals surface area contributed by atoms with Crippen LogP contribution in [0, 0.1) is 0 Å². The molecule has 0 aliphatic heterocycles. The van der Waals surface area contributed by atoms with E-state index in [4.69, 9.17) is 14.6 Å². The van der Waals surface area contributed by atoms with Gasteiger partial charge in [0.2, 0.25) is 0 Å². The van der Waals surface area contributed by atoms with E-state index in [-0.39, 0.29) is 19.1 Å². The van der Waals surface area contributed by atoms with Crippen LogP contribution in [0.3, 0.4) is 0 Å². The molecule has 2 N–H and O–H groups in total. The number of hydrogen-bond donors (Lipinski definition) is 2. The lowest BCUT2D eigenvalue weighted by Crippen LogP contribution is -2.38.